The molecule has 1 aliphatic heterocycles. The zero-order chi connectivity index (χ0) is 25.8. The van der Waals surface area contributed by atoms with Crippen LogP contribution in [0.1, 0.15) is 10.4 Å². The number of benzene rings is 2. The summed E-state index contributed by atoms with van der Waals surface area (Å²) < 4.78 is 56.6. The van der Waals surface area contributed by atoms with Crippen molar-refractivity contribution in [1.29, 1.82) is 0 Å². The molecule has 2 amide bonds. The van der Waals surface area contributed by atoms with Gasteiger partial charge >= 0.3 is 0 Å². The number of carbonyl (C=O) groups is 2. The van der Waals surface area contributed by atoms with Crippen molar-refractivity contribution >= 4 is 43.2 Å². The van der Waals surface area contributed by atoms with Crippen molar-refractivity contribution in [2.24, 2.45) is 0 Å². The van der Waals surface area contributed by atoms with Gasteiger partial charge in [0.1, 0.15) is 6.54 Å². The van der Waals surface area contributed by atoms with Crippen LogP contribution >= 0.6 is 0 Å². The molecule has 1 N–H and O–H groups in total. The van der Waals surface area contributed by atoms with Crippen molar-refractivity contribution in [1.82, 2.24) is 9.21 Å². The van der Waals surface area contributed by atoms with Crippen LogP contribution in [0, 0.1) is 0 Å². The van der Waals surface area contributed by atoms with Crippen molar-refractivity contribution in [2.75, 3.05) is 62.8 Å². The number of rotatable bonds is 8. The predicted molar refractivity (Wildman–Crippen MR) is 131 cm³/mol. The molecule has 0 bridgehead atoms. The van der Waals surface area contributed by atoms with Crippen LogP contribution in [-0.4, -0.2) is 91.1 Å². The van der Waals surface area contributed by atoms with Crippen molar-refractivity contribution in [3.63, 3.8) is 0 Å². The average Bonchev–Trinajstić information content (AvgIpc) is 2.82. The molecule has 0 radical (unpaired) electrons. The van der Waals surface area contributed by atoms with Gasteiger partial charge in [0, 0.05) is 27.2 Å². The summed E-state index contributed by atoms with van der Waals surface area (Å²) in [5, 5.41) is 2.63. The summed E-state index contributed by atoms with van der Waals surface area (Å²) in [7, 11) is -4.81. The fraction of sp³-hybridized carbons (Fsp3) is 0.364. The summed E-state index contributed by atoms with van der Waals surface area (Å²) in [6.45, 7) is 1.15. The Hall–Kier alpha value is -3.00. The van der Waals surface area contributed by atoms with E-state index in [1.54, 1.807) is 29.2 Å². The molecule has 1 fully saturated rings. The smallest absolute Gasteiger partial charge is 0.256 e. The summed E-state index contributed by atoms with van der Waals surface area (Å²) >= 11 is 0. The van der Waals surface area contributed by atoms with E-state index in [-0.39, 0.29) is 27.7 Å². The van der Waals surface area contributed by atoms with Gasteiger partial charge in [0.15, 0.2) is 0 Å². The number of nitrogens with one attached hydrogen (secondary N) is 1. The Kier molecular flexibility index (Phi) is 8.15. The molecule has 13 heteroatoms. The number of amides is 2. The predicted octanol–water partition coefficient (Wildman–Crippen LogP) is 0.814. The molecule has 190 valence electrons. The molecule has 1 heterocycles. The standard InChI is InChI=1S/C22H28N4O7S2/c1-24(2)35(31,32)18-10-8-17(9-11-18)26(34(3,29)30)16-21(27)23-20-7-5-4-6-19(20)22(28)25-12-14-33-15-13-25/h4-11H,12-16H2,1-3H3,(H,23,27). The highest BCUT2D eigenvalue weighted by molar-refractivity contribution is 7.92. The van der Waals surface area contributed by atoms with E-state index in [0.717, 1.165) is 14.9 Å². The summed E-state index contributed by atoms with van der Waals surface area (Å²) in [6, 6.07) is 11.7. The lowest BCUT2D eigenvalue weighted by atomic mass is 10.1. The molecule has 3 rings (SSSR count). The first-order chi connectivity index (χ1) is 16.4. The van der Waals surface area contributed by atoms with Crippen LogP contribution in [0.5, 0.6) is 0 Å². The molecular weight excluding hydrogens is 496 g/mol. The van der Waals surface area contributed by atoms with Crippen molar-refractivity contribution in [3.8, 4) is 0 Å². The Morgan fingerprint density at radius 2 is 1.57 bits per heavy atom. The second-order valence-electron chi connectivity index (χ2n) is 8.05. The minimum absolute atomic E-state index is 0.0142. The van der Waals surface area contributed by atoms with Gasteiger partial charge in [-0.3, -0.25) is 13.9 Å². The number of sulfonamides is 2. The first kappa shape index (κ1) is 26.6. The molecule has 0 atom stereocenters. The maximum absolute atomic E-state index is 12.9. The highest BCUT2D eigenvalue weighted by Gasteiger charge is 2.25. The number of para-hydroxylation sites is 1. The van der Waals surface area contributed by atoms with Gasteiger partial charge in [0.05, 0.1) is 41.3 Å². The third-order valence-corrected chi connectivity index (χ3v) is 8.29. The van der Waals surface area contributed by atoms with Crippen LogP contribution in [-0.2, 0) is 29.6 Å². The second kappa shape index (κ2) is 10.7. The number of ether oxygens (including phenoxy) is 1. The monoisotopic (exact) mass is 524 g/mol. The number of nitrogens with zero attached hydrogens (tertiary/aromatic N) is 3. The third kappa shape index (κ3) is 6.36. The van der Waals surface area contributed by atoms with Crippen LogP contribution in [0.15, 0.2) is 53.4 Å². The number of hydrogen-bond donors (Lipinski definition) is 1. The molecule has 0 aromatic heterocycles. The van der Waals surface area contributed by atoms with Crippen LogP contribution in [0.25, 0.3) is 0 Å². The van der Waals surface area contributed by atoms with Gasteiger partial charge in [-0.05, 0) is 36.4 Å². The van der Waals surface area contributed by atoms with Crippen molar-refractivity contribution < 1.29 is 31.2 Å². The zero-order valence-corrected chi connectivity index (χ0v) is 21.3. The fourth-order valence-corrected chi connectivity index (χ4v) is 5.19. The molecule has 2 aromatic carbocycles. The van der Waals surface area contributed by atoms with E-state index in [1.165, 1.54) is 38.4 Å². The van der Waals surface area contributed by atoms with Gasteiger partial charge in [0.25, 0.3) is 5.91 Å². The number of anilines is 2. The van der Waals surface area contributed by atoms with Crippen LogP contribution in [0.2, 0.25) is 0 Å². The Labute approximate surface area is 205 Å². The van der Waals surface area contributed by atoms with Crippen molar-refractivity contribution in [3.05, 3.63) is 54.1 Å². The van der Waals surface area contributed by atoms with Crippen LogP contribution < -0.4 is 9.62 Å². The second-order valence-corrected chi connectivity index (χ2v) is 12.1. The van der Waals surface area contributed by atoms with E-state index in [9.17, 15) is 26.4 Å². The number of hydrogen-bond acceptors (Lipinski definition) is 7. The van der Waals surface area contributed by atoms with Gasteiger partial charge in [-0.15, -0.1) is 0 Å². The summed E-state index contributed by atoms with van der Waals surface area (Å²) in [5.41, 5.74) is 0.666. The van der Waals surface area contributed by atoms with Crippen LogP contribution in [0.4, 0.5) is 11.4 Å². The molecule has 2 aromatic rings. The van der Waals surface area contributed by atoms with E-state index in [0.29, 0.717) is 26.3 Å². The summed E-state index contributed by atoms with van der Waals surface area (Å²) in [4.78, 5) is 27.4. The van der Waals surface area contributed by atoms with Crippen molar-refractivity contribution in [2.45, 2.75) is 4.90 Å². The SMILES string of the molecule is CN(C)S(=O)(=O)c1ccc(N(CC(=O)Nc2ccccc2C(=O)N2CCOCC2)S(C)(=O)=O)cc1. The normalized spacial score (nSPS) is 14.6. The largest absolute Gasteiger partial charge is 0.378 e. The Morgan fingerprint density at radius 3 is 2.14 bits per heavy atom. The zero-order valence-electron chi connectivity index (χ0n) is 19.7. The third-order valence-electron chi connectivity index (χ3n) is 5.32. The van der Waals surface area contributed by atoms with E-state index in [4.69, 9.17) is 4.74 Å². The van der Waals surface area contributed by atoms with Gasteiger partial charge in [0.2, 0.25) is 26.0 Å². The Balaban J connectivity index is 1.81. The molecule has 0 unspecified atom stereocenters. The molecule has 35 heavy (non-hydrogen) atoms. The average molecular weight is 525 g/mol. The minimum atomic E-state index is -3.89. The van der Waals surface area contributed by atoms with E-state index >= 15 is 0 Å². The lowest BCUT2D eigenvalue weighted by molar-refractivity contribution is -0.114. The molecule has 1 aliphatic rings. The Morgan fingerprint density at radius 1 is 0.971 bits per heavy atom. The summed E-state index contributed by atoms with van der Waals surface area (Å²) in [5.74, 6) is -0.926. The first-order valence-electron chi connectivity index (χ1n) is 10.7. The summed E-state index contributed by atoms with van der Waals surface area (Å²) in [6.07, 6.45) is 0.945. The first-order valence-corrected chi connectivity index (χ1v) is 14.0. The highest BCUT2D eigenvalue weighted by Crippen LogP contribution is 2.23. The fourth-order valence-electron chi connectivity index (χ4n) is 3.43. The molecular formula is C22H28N4O7S2. The topological polar surface area (TPSA) is 133 Å². The van der Waals surface area contributed by atoms with Gasteiger partial charge in [-0.1, -0.05) is 12.1 Å². The Bertz CT molecular complexity index is 1290. The van der Waals surface area contributed by atoms with E-state index < -0.39 is 32.5 Å². The molecule has 0 aliphatic carbocycles. The minimum Gasteiger partial charge on any atom is -0.378 e. The maximum Gasteiger partial charge on any atom is 0.256 e. The molecule has 11 nitrogen and oxygen atoms in total. The molecule has 1 saturated heterocycles. The number of carbonyl (C=O) groups excluding carboxylic acids is 2. The number of morpholine rings is 1. The van der Waals surface area contributed by atoms with Gasteiger partial charge in [-0.25, -0.2) is 21.1 Å². The highest BCUT2D eigenvalue weighted by atomic mass is 32.2. The quantitative estimate of drug-likeness (QED) is 0.540. The van der Waals surface area contributed by atoms with E-state index in [2.05, 4.69) is 5.32 Å². The molecule has 0 spiro atoms. The molecule has 0 saturated carbocycles. The van der Waals surface area contributed by atoms with Gasteiger partial charge in [-0.2, -0.15) is 0 Å². The maximum atomic E-state index is 12.9. The van der Waals surface area contributed by atoms with Crippen LogP contribution in [0.3, 0.4) is 0 Å². The van der Waals surface area contributed by atoms with Gasteiger partial charge < -0.3 is 15.0 Å². The van der Waals surface area contributed by atoms with E-state index in [1.807, 2.05) is 0 Å². The lowest BCUT2D eigenvalue weighted by Gasteiger charge is -2.27. The lowest BCUT2D eigenvalue weighted by Crippen LogP contribution is -2.41.